The zero-order valence-electron chi connectivity index (χ0n) is 11.3. The third-order valence-electron chi connectivity index (χ3n) is 3.22. The van der Waals surface area contributed by atoms with Gasteiger partial charge in [0.05, 0.1) is 15.4 Å². The molecule has 0 fully saturated rings. The van der Waals surface area contributed by atoms with Crippen molar-refractivity contribution in [2.24, 2.45) is 0 Å². The van der Waals surface area contributed by atoms with E-state index in [4.69, 9.17) is 11.6 Å². The number of rotatable bonds is 4. The Labute approximate surface area is 129 Å². The zero-order chi connectivity index (χ0) is 16.4. The SMILES string of the molecule is Cc1c(C(=O)Cl)ccc([N+](=O)[O-])c1-c1ccc([N+](=O)[O-])cc1. The lowest BCUT2D eigenvalue weighted by Crippen LogP contribution is -2.01. The summed E-state index contributed by atoms with van der Waals surface area (Å²) in [6.45, 7) is 1.54. The normalized spacial score (nSPS) is 10.3. The summed E-state index contributed by atoms with van der Waals surface area (Å²) in [5, 5.41) is 21.1. The van der Waals surface area contributed by atoms with Gasteiger partial charge in [-0.3, -0.25) is 25.0 Å². The Kier molecular flexibility index (Phi) is 4.18. The fraction of sp³-hybridized carbons (Fsp3) is 0.0714. The molecule has 2 aromatic carbocycles. The van der Waals surface area contributed by atoms with Crippen LogP contribution in [0.2, 0.25) is 0 Å². The number of nitrogens with zero attached hydrogens (tertiary/aromatic N) is 2. The van der Waals surface area contributed by atoms with E-state index in [0.29, 0.717) is 11.1 Å². The van der Waals surface area contributed by atoms with Crippen molar-refractivity contribution in [3.63, 3.8) is 0 Å². The molecule has 0 aromatic heterocycles. The highest BCUT2D eigenvalue weighted by atomic mass is 35.5. The number of carbonyl (C=O) groups is 1. The number of carbonyl (C=O) groups excluding carboxylic acids is 1. The van der Waals surface area contributed by atoms with E-state index in [1.165, 1.54) is 36.4 Å². The minimum atomic E-state index is -0.726. The lowest BCUT2D eigenvalue weighted by molar-refractivity contribution is -0.385. The van der Waals surface area contributed by atoms with Crippen LogP contribution < -0.4 is 0 Å². The first-order valence-corrected chi connectivity index (χ1v) is 6.43. The number of halogens is 1. The van der Waals surface area contributed by atoms with Crippen molar-refractivity contribution in [1.29, 1.82) is 0 Å². The molecule has 0 spiro atoms. The molecule has 2 aromatic rings. The maximum absolute atomic E-state index is 11.4. The summed E-state index contributed by atoms with van der Waals surface area (Å²) in [5.41, 5.74) is 0.784. The second-order valence-electron chi connectivity index (χ2n) is 4.47. The van der Waals surface area contributed by atoms with Gasteiger partial charge in [-0.25, -0.2) is 0 Å². The van der Waals surface area contributed by atoms with Crippen LogP contribution in [0.1, 0.15) is 15.9 Å². The van der Waals surface area contributed by atoms with Crippen LogP contribution in [0, 0.1) is 27.2 Å². The number of non-ortho nitro benzene ring substituents is 1. The summed E-state index contributed by atoms with van der Waals surface area (Å²) in [7, 11) is 0. The number of hydrogen-bond acceptors (Lipinski definition) is 5. The highest BCUT2D eigenvalue weighted by Crippen LogP contribution is 2.36. The number of nitro groups is 2. The standard InChI is InChI=1S/C14H9ClN2O5/c1-8-11(14(15)18)6-7-12(17(21)22)13(8)9-2-4-10(5-3-9)16(19)20/h2-7H,1H3. The Morgan fingerprint density at radius 2 is 1.59 bits per heavy atom. The molecule has 0 heterocycles. The molecule has 0 saturated carbocycles. The highest BCUT2D eigenvalue weighted by molar-refractivity contribution is 6.68. The van der Waals surface area contributed by atoms with Crippen molar-refractivity contribution in [3.05, 3.63) is 67.8 Å². The van der Waals surface area contributed by atoms with Crippen LogP contribution in [-0.4, -0.2) is 15.1 Å². The molecule has 112 valence electrons. The summed E-state index contributed by atoms with van der Waals surface area (Å²) in [4.78, 5) is 32.1. The quantitative estimate of drug-likeness (QED) is 0.483. The Hall–Kier alpha value is -2.80. The van der Waals surface area contributed by atoms with Gasteiger partial charge >= 0.3 is 0 Å². The maximum Gasteiger partial charge on any atom is 0.277 e. The van der Waals surface area contributed by atoms with Crippen LogP contribution in [0.3, 0.4) is 0 Å². The molecule has 0 N–H and O–H groups in total. The van der Waals surface area contributed by atoms with E-state index in [1.54, 1.807) is 6.92 Å². The average Bonchev–Trinajstić information content (AvgIpc) is 2.46. The zero-order valence-corrected chi connectivity index (χ0v) is 12.0. The largest absolute Gasteiger partial charge is 0.277 e. The Bertz CT molecular complexity index is 787. The molecule has 0 aliphatic carbocycles. The van der Waals surface area contributed by atoms with Crippen molar-refractivity contribution in [2.75, 3.05) is 0 Å². The fourth-order valence-corrected chi connectivity index (χ4v) is 2.38. The molecule has 0 bridgehead atoms. The van der Waals surface area contributed by atoms with Crippen LogP contribution >= 0.6 is 11.6 Å². The molecule has 0 aliphatic heterocycles. The summed E-state index contributed by atoms with van der Waals surface area (Å²) in [5.74, 6) is 0. The van der Waals surface area contributed by atoms with Crippen LogP contribution in [0.15, 0.2) is 36.4 Å². The Morgan fingerprint density at radius 1 is 1.00 bits per heavy atom. The maximum atomic E-state index is 11.4. The van der Waals surface area contributed by atoms with E-state index in [0.717, 1.165) is 0 Å². The van der Waals surface area contributed by atoms with Crippen molar-refractivity contribution in [3.8, 4) is 11.1 Å². The van der Waals surface area contributed by atoms with Gasteiger partial charge in [0.2, 0.25) is 0 Å². The molecule has 7 nitrogen and oxygen atoms in total. The van der Waals surface area contributed by atoms with Gasteiger partial charge in [0.25, 0.3) is 16.6 Å². The molecule has 0 amide bonds. The number of hydrogen-bond donors (Lipinski definition) is 0. The van der Waals surface area contributed by atoms with Crippen LogP contribution in [0.25, 0.3) is 11.1 Å². The lowest BCUT2D eigenvalue weighted by Gasteiger charge is -2.10. The summed E-state index contributed by atoms with van der Waals surface area (Å²) < 4.78 is 0. The van der Waals surface area contributed by atoms with E-state index in [-0.39, 0.29) is 22.5 Å². The average molecular weight is 321 g/mol. The van der Waals surface area contributed by atoms with Gasteiger partial charge in [-0.2, -0.15) is 0 Å². The van der Waals surface area contributed by atoms with E-state index >= 15 is 0 Å². The predicted octanol–water partition coefficient (Wildman–Crippen LogP) is 3.86. The highest BCUT2D eigenvalue weighted by Gasteiger charge is 2.22. The van der Waals surface area contributed by atoms with Crippen LogP contribution in [0.4, 0.5) is 11.4 Å². The second-order valence-corrected chi connectivity index (χ2v) is 4.81. The second kappa shape index (κ2) is 5.90. The molecule has 0 aliphatic rings. The topological polar surface area (TPSA) is 103 Å². The summed E-state index contributed by atoms with van der Waals surface area (Å²) in [6, 6.07) is 7.77. The third kappa shape index (κ3) is 2.79. The molecular formula is C14H9ClN2O5. The molecule has 8 heteroatoms. The minimum absolute atomic E-state index is 0.131. The molecule has 22 heavy (non-hydrogen) atoms. The van der Waals surface area contributed by atoms with Gasteiger partial charge in [0.15, 0.2) is 0 Å². The lowest BCUT2D eigenvalue weighted by atomic mass is 9.95. The molecule has 0 atom stereocenters. The van der Waals surface area contributed by atoms with E-state index in [9.17, 15) is 25.0 Å². The van der Waals surface area contributed by atoms with E-state index in [2.05, 4.69) is 0 Å². The monoisotopic (exact) mass is 320 g/mol. The smallest absolute Gasteiger partial charge is 0.276 e. The van der Waals surface area contributed by atoms with Crippen molar-refractivity contribution in [1.82, 2.24) is 0 Å². The third-order valence-corrected chi connectivity index (χ3v) is 3.42. The first-order chi connectivity index (χ1) is 10.3. The minimum Gasteiger partial charge on any atom is -0.276 e. The molecule has 0 radical (unpaired) electrons. The molecule has 0 unspecified atom stereocenters. The van der Waals surface area contributed by atoms with Gasteiger partial charge in [-0.15, -0.1) is 0 Å². The van der Waals surface area contributed by atoms with Gasteiger partial charge in [-0.05, 0) is 47.9 Å². The first kappa shape index (κ1) is 15.6. The molecule has 2 rings (SSSR count). The van der Waals surface area contributed by atoms with E-state index in [1.807, 2.05) is 0 Å². The Balaban J connectivity index is 2.70. The van der Waals surface area contributed by atoms with Gasteiger partial charge in [0, 0.05) is 23.8 Å². The Morgan fingerprint density at radius 3 is 2.05 bits per heavy atom. The predicted molar refractivity (Wildman–Crippen MR) is 80.1 cm³/mol. The van der Waals surface area contributed by atoms with Gasteiger partial charge in [-0.1, -0.05) is 0 Å². The van der Waals surface area contributed by atoms with Gasteiger partial charge < -0.3 is 0 Å². The molecule has 0 saturated heterocycles. The van der Waals surface area contributed by atoms with Gasteiger partial charge in [0.1, 0.15) is 0 Å². The molecular weight excluding hydrogens is 312 g/mol. The van der Waals surface area contributed by atoms with Crippen molar-refractivity contribution < 1.29 is 14.6 Å². The van der Waals surface area contributed by atoms with Crippen LogP contribution in [0.5, 0.6) is 0 Å². The number of benzene rings is 2. The van der Waals surface area contributed by atoms with Crippen LogP contribution in [-0.2, 0) is 0 Å². The first-order valence-electron chi connectivity index (χ1n) is 6.05. The van der Waals surface area contributed by atoms with E-state index < -0.39 is 15.1 Å². The number of nitro benzene ring substituents is 2. The summed E-state index contributed by atoms with van der Waals surface area (Å²) >= 11 is 5.47. The van der Waals surface area contributed by atoms with Crippen molar-refractivity contribution in [2.45, 2.75) is 6.92 Å². The van der Waals surface area contributed by atoms with Crippen molar-refractivity contribution >= 4 is 28.2 Å². The summed E-state index contributed by atoms with van der Waals surface area (Å²) in [6.07, 6.45) is 0. The fourth-order valence-electron chi connectivity index (χ4n) is 2.18.